The summed E-state index contributed by atoms with van der Waals surface area (Å²) in [4.78, 5) is 45.2. The molecule has 1 aromatic heterocycles. The fourth-order valence-corrected chi connectivity index (χ4v) is 3.08. The zero-order valence-corrected chi connectivity index (χ0v) is 15.4. The van der Waals surface area contributed by atoms with Crippen molar-refractivity contribution in [1.29, 1.82) is 0 Å². The smallest absolute Gasteiger partial charge is 0.337 e. The molecule has 0 aliphatic carbocycles. The van der Waals surface area contributed by atoms with Crippen LogP contribution in [-0.2, 0) is 23.6 Å². The second-order valence-electron chi connectivity index (χ2n) is 6.23. The highest BCUT2D eigenvalue weighted by Crippen LogP contribution is 2.22. The Labute approximate surface area is 149 Å². The minimum absolute atomic E-state index is 0.276. The highest BCUT2D eigenvalue weighted by Gasteiger charge is 2.29. The van der Waals surface area contributed by atoms with Gasteiger partial charge in [0.25, 0.3) is 5.56 Å². The maximum Gasteiger partial charge on any atom is 0.337 e. The molecule has 0 spiro atoms. The molecule has 9 nitrogen and oxygen atoms in total. The lowest BCUT2D eigenvalue weighted by atomic mass is 10.1. The monoisotopic (exact) mass is 359 g/mol. The number of carbonyl (C=O) groups is 1. The maximum atomic E-state index is 12.7. The molecule has 0 bridgehead atoms. The van der Waals surface area contributed by atoms with Crippen LogP contribution in [0.25, 0.3) is 5.82 Å². The second-order valence-corrected chi connectivity index (χ2v) is 6.23. The van der Waals surface area contributed by atoms with Crippen LogP contribution in [0.5, 0.6) is 0 Å². The molecule has 9 heteroatoms. The average molecular weight is 359 g/mol. The lowest BCUT2D eigenvalue weighted by molar-refractivity contribution is -0.138. The van der Waals surface area contributed by atoms with E-state index in [4.69, 9.17) is 4.74 Å². The Morgan fingerprint density at radius 2 is 1.96 bits per heavy atom. The van der Waals surface area contributed by atoms with Crippen molar-refractivity contribution < 1.29 is 9.53 Å². The first kappa shape index (κ1) is 17.7. The van der Waals surface area contributed by atoms with Crippen molar-refractivity contribution >= 4 is 11.8 Å². The lowest BCUT2D eigenvalue weighted by Gasteiger charge is -2.36. The minimum atomic E-state index is -0.554. The van der Waals surface area contributed by atoms with E-state index in [9.17, 15) is 14.4 Å². The Hall–Kier alpha value is -3.10. The summed E-state index contributed by atoms with van der Waals surface area (Å²) in [5.74, 6) is 0.167. The summed E-state index contributed by atoms with van der Waals surface area (Å²) in [6.07, 6.45) is 4.43. The van der Waals surface area contributed by atoms with Gasteiger partial charge in [0.1, 0.15) is 17.2 Å². The van der Waals surface area contributed by atoms with Gasteiger partial charge in [-0.25, -0.2) is 14.6 Å². The summed E-state index contributed by atoms with van der Waals surface area (Å²) in [5.41, 5.74) is -0.197. The van der Waals surface area contributed by atoms with Gasteiger partial charge in [-0.15, -0.1) is 0 Å². The number of hydrogen-bond acceptors (Lipinski definition) is 7. The first-order chi connectivity index (χ1) is 12.3. The molecule has 0 saturated carbocycles. The summed E-state index contributed by atoms with van der Waals surface area (Å²) < 4.78 is 7.44. The van der Waals surface area contributed by atoms with E-state index in [2.05, 4.69) is 4.99 Å². The van der Waals surface area contributed by atoms with Crippen LogP contribution >= 0.6 is 0 Å². The van der Waals surface area contributed by atoms with Crippen LogP contribution in [0.2, 0.25) is 0 Å². The molecule has 2 aliphatic rings. The highest BCUT2D eigenvalue weighted by molar-refractivity contribution is 5.92. The minimum Gasteiger partial charge on any atom is -0.462 e. The molecule has 0 amide bonds. The molecule has 1 atom stereocenters. The first-order valence-electron chi connectivity index (χ1n) is 8.18. The topological polar surface area (TPSA) is 89.1 Å². The predicted octanol–water partition coefficient (Wildman–Crippen LogP) is -2.01. The van der Waals surface area contributed by atoms with E-state index >= 15 is 0 Å². The molecule has 26 heavy (non-hydrogen) atoms. The van der Waals surface area contributed by atoms with E-state index < -0.39 is 23.4 Å². The third kappa shape index (κ3) is 2.56. The van der Waals surface area contributed by atoms with Crippen LogP contribution in [0.1, 0.15) is 6.92 Å². The van der Waals surface area contributed by atoms with Crippen molar-refractivity contribution in [3.8, 4) is 0 Å². The second kappa shape index (κ2) is 6.32. The summed E-state index contributed by atoms with van der Waals surface area (Å²) in [5, 5.41) is 0.341. The fourth-order valence-electron chi connectivity index (χ4n) is 3.08. The molecule has 0 fully saturated rings. The molecule has 0 saturated heterocycles. The van der Waals surface area contributed by atoms with Crippen molar-refractivity contribution in [1.82, 2.24) is 18.9 Å². The van der Waals surface area contributed by atoms with Crippen LogP contribution in [0, 0.1) is 0 Å². The molecule has 1 aromatic rings. The van der Waals surface area contributed by atoms with Gasteiger partial charge in [-0.1, -0.05) is 0 Å². The van der Waals surface area contributed by atoms with E-state index in [0.717, 1.165) is 4.57 Å². The summed E-state index contributed by atoms with van der Waals surface area (Å²) in [7, 11) is 6.63. The number of fused-ring (bicyclic) bond motifs is 2. The molecule has 138 valence electrons. The fraction of sp³-hybridized carbons (Fsp3) is 0.412. The normalized spacial score (nSPS) is 17.9. The molecule has 1 unspecified atom stereocenters. The van der Waals surface area contributed by atoms with Gasteiger partial charge in [-0.3, -0.25) is 13.9 Å². The van der Waals surface area contributed by atoms with Crippen LogP contribution < -0.4 is 22.0 Å². The molecular weight excluding hydrogens is 338 g/mol. The number of ether oxygens (including phenoxy) is 1. The summed E-state index contributed by atoms with van der Waals surface area (Å²) in [6.45, 7) is 2.01. The molecule has 0 radical (unpaired) electrons. The quantitative estimate of drug-likeness (QED) is 0.580. The first-order valence-corrected chi connectivity index (χ1v) is 8.18. The molecule has 3 heterocycles. The van der Waals surface area contributed by atoms with Gasteiger partial charge in [0, 0.05) is 34.4 Å². The zero-order chi connectivity index (χ0) is 19.2. The maximum absolute atomic E-state index is 12.7. The van der Waals surface area contributed by atoms with Crippen LogP contribution in [0.15, 0.2) is 38.5 Å². The number of rotatable bonds is 3. The van der Waals surface area contributed by atoms with Gasteiger partial charge in [0.15, 0.2) is 5.49 Å². The SMILES string of the molecule is CCOC(=O)C1=CC2N=c3c(c(=O)n(C)c(=O)n3C)=C(N(C)C)N2C=C1. The molecular formula is C17H21N5O4. The summed E-state index contributed by atoms with van der Waals surface area (Å²) in [6, 6.07) is 0. The van der Waals surface area contributed by atoms with E-state index in [1.165, 1.54) is 11.6 Å². The van der Waals surface area contributed by atoms with Gasteiger partial charge >= 0.3 is 11.7 Å². The number of hydrogen-bond donors (Lipinski definition) is 0. The van der Waals surface area contributed by atoms with Gasteiger partial charge in [0.05, 0.1) is 12.2 Å². The Balaban J connectivity index is 2.33. The van der Waals surface area contributed by atoms with Crippen LogP contribution in [-0.4, -0.2) is 51.8 Å². The van der Waals surface area contributed by atoms with E-state index in [0.29, 0.717) is 16.6 Å². The van der Waals surface area contributed by atoms with Gasteiger partial charge in [0.2, 0.25) is 0 Å². The predicted molar refractivity (Wildman–Crippen MR) is 94.3 cm³/mol. The third-order valence-corrected chi connectivity index (χ3v) is 4.32. The molecule has 0 N–H and O–H groups in total. The highest BCUT2D eigenvalue weighted by atomic mass is 16.5. The average Bonchev–Trinajstić information content (AvgIpc) is 2.62. The standard InChI is InChI=1S/C17H21N5O4/c1-6-26-16(24)10-7-8-22-11(9-10)18-13-12(14(22)19(2)3)15(23)21(5)17(25)20(13)4/h7-9,11H,6H2,1-5H3. The molecule has 3 rings (SSSR count). The van der Waals surface area contributed by atoms with Crippen molar-refractivity contribution in [2.24, 2.45) is 19.1 Å². The molecule has 2 aliphatic heterocycles. The zero-order valence-electron chi connectivity index (χ0n) is 15.4. The van der Waals surface area contributed by atoms with E-state index in [1.54, 1.807) is 42.1 Å². The van der Waals surface area contributed by atoms with Crippen LogP contribution in [0.4, 0.5) is 0 Å². The Kier molecular flexibility index (Phi) is 4.31. The third-order valence-electron chi connectivity index (χ3n) is 4.32. The van der Waals surface area contributed by atoms with Gasteiger partial charge < -0.3 is 14.5 Å². The number of carbonyl (C=O) groups excluding carboxylic acids is 1. The number of nitrogens with zero attached hydrogens (tertiary/aromatic N) is 5. The largest absolute Gasteiger partial charge is 0.462 e. The van der Waals surface area contributed by atoms with Crippen molar-refractivity contribution in [2.45, 2.75) is 13.1 Å². The Morgan fingerprint density at radius 3 is 2.58 bits per heavy atom. The van der Waals surface area contributed by atoms with E-state index in [-0.39, 0.29) is 12.1 Å². The van der Waals surface area contributed by atoms with Crippen molar-refractivity contribution in [3.63, 3.8) is 0 Å². The van der Waals surface area contributed by atoms with Gasteiger partial charge in [-0.2, -0.15) is 0 Å². The molecule has 0 aromatic carbocycles. The Bertz CT molecular complexity index is 1070. The lowest BCUT2D eigenvalue weighted by Crippen LogP contribution is -2.63. The van der Waals surface area contributed by atoms with Crippen molar-refractivity contribution in [2.75, 3.05) is 20.7 Å². The van der Waals surface area contributed by atoms with Crippen molar-refractivity contribution in [3.05, 3.63) is 55.5 Å². The summed E-state index contributed by atoms with van der Waals surface area (Å²) >= 11 is 0. The van der Waals surface area contributed by atoms with Crippen LogP contribution in [0.3, 0.4) is 0 Å². The van der Waals surface area contributed by atoms with E-state index in [1.807, 2.05) is 14.1 Å². The Morgan fingerprint density at radius 1 is 1.27 bits per heavy atom. The number of esters is 1. The van der Waals surface area contributed by atoms with Gasteiger partial charge in [-0.05, 0) is 19.1 Å². The number of aromatic nitrogens is 2.